The van der Waals surface area contributed by atoms with Crippen LogP contribution < -0.4 is 9.80 Å². The number of hydrogen-bond donors (Lipinski definition) is 1. The first-order chi connectivity index (χ1) is 16.2. The summed E-state index contributed by atoms with van der Waals surface area (Å²) in [4.78, 5) is 9.41. The largest absolute Gasteiger partial charge is 0.507 e. The summed E-state index contributed by atoms with van der Waals surface area (Å²) in [5.41, 5.74) is 9.31. The fraction of sp³-hybridized carbons (Fsp3) is 0.276. The molecule has 0 aliphatic heterocycles. The zero-order chi connectivity index (χ0) is 24.6. The summed E-state index contributed by atoms with van der Waals surface area (Å²) in [5.74, 6) is 1.25. The van der Waals surface area contributed by atoms with Crippen molar-refractivity contribution in [3.05, 3.63) is 71.8 Å². The summed E-state index contributed by atoms with van der Waals surface area (Å²) in [5, 5.41) is 10.3. The highest BCUT2D eigenvalue weighted by Gasteiger charge is 2.21. The second-order valence-corrected chi connectivity index (χ2v) is 9.22. The molecule has 0 amide bonds. The fourth-order valence-corrected chi connectivity index (χ4v) is 4.39. The van der Waals surface area contributed by atoms with Gasteiger partial charge < -0.3 is 19.5 Å². The molecule has 0 fully saturated rings. The van der Waals surface area contributed by atoms with Gasteiger partial charge in [0.1, 0.15) is 11.6 Å². The van der Waals surface area contributed by atoms with Crippen LogP contribution in [0, 0.1) is 13.8 Å². The number of aryl methyl sites for hydroxylation is 2. The Kier molecular flexibility index (Phi) is 6.38. The van der Waals surface area contributed by atoms with Gasteiger partial charge in [-0.25, -0.2) is 4.98 Å². The Morgan fingerprint density at radius 3 is 1.65 bits per heavy atom. The molecule has 5 nitrogen and oxygen atoms in total. The maximum Gasteiger partial charge on any atom is 0.141 e. The number of aromatic nitrogens is 2. The third kappa shape index (κ3) is 4.26. The maximum absolute atomic E-state index is 10.3. The smallest absolute Gasteiger partial charge is 0.141 e. The fourth-order valence-electron chi connectivity index (χ4n) is 4.39. The van der Waals surface area contributed by atoms with E-state index in [1.54, 1.807) is 0 Å². The number of aromatic hydroxyl groups is 1. The number of phenolic OH excluding ortho intramolecular Hbond substituents is 1. The second-order valence-electron chi connectivity index (χ2n) is 9.22. The Balaban J connectivity index is 1.97. The summed E-state index contributed by atoms with van der Waals surface area (Å²) >= 11 is 0. The Hall–Kier alpha value is -3.73. The average Bonchev–Trinajstić information content (AvgIpc) is 3.22. The van der Waals surface area contributed by atoms with Crippen molar-refractivity contribution in [2.75, 3.05) is 38.0 Å². The van der Waals surface area contributed by atoms with Gasteiger partial charge in [-0.15, -0.1) is 0 Å². The monoisotopic (exact) mass is 454 g/mol. The number of benzene rings is 3. The van der Waals surface area contributed by atoms with E-state index in [2.05, 4.69) is 83.9 Å². The number of phenols is 1. The van der Waals surface area contributed by atoms with Gasteiger partial charge in [0, 0.05) is 62.8 Å². The lowest BCUT2D eigenvalue weighted by Crippen LogP contribution is -2.08. The van der Waals surface area contributed by atoms with Crippen LogP contribution in [0.1, 0.15) is 18.1 Å². The molecule has 4 aromatic rings. The van der Waals surface area contributed by atoms with Crippen LogP contribution in [0.2, 0.25) is 0 Å². The van der Waals surface area contributed by atoms with Crippen molar-refractivity contribution in [2.24, 2.45) is 0 Å². The maximum atomic E-state index is 10.3. The van der Waals surface area contributed by atoms with E-state index < -0.39 is 0 Å². The minimum atomic E-state index is 0.345. The topological polar surface area (TPSA) is 44.5 Å². The molecular weight excluding hydrogens is 420 g/mol. The van der Waals surface area contributed by atoms with Crippen LogP contribution in [0.15, 0.2) is 60.7 Å². The van der Waals surface area contributed by atoms with Crippen LogP contribution in [-0.2, 0) is 6.54 Å². The number of rotatable bonds is 6. The lowest BCUT2D eigenvalue weighted by Gasteiger charge is -2.15. The molecule has 5 heteroatoms. The molecule has 0 bridgehead atoms. The summed E-state index contributed by atoms with van der Waals surface area (Å²) in [7, 11) is 8.20. The Labute approximate surface area is 202 Å². The molecule has 0 aliphatic carbocycles. The SMILES string of the molecule is CCn1c(-c2cc(C)c(O)c(C)c2)nc(-c2ccc(N(C)C)cc2)c1-c1ccc(N(C)C)cc1. The van der Waals surface area contributed by atoms with Gasteiger partial charge in [-0.3, -0.25) is 0 Å². The van der Waals surface area contributed by atoms with Gasteiger partial charge in [0.15, 0.2) is 0 Å². The molecule has 4 rings (SSSR count). The van der Waals surface area contributed by atoms with E-state index in [-0.39, 0.29) is 0 Å². The summed E-state index contributed by atoms with van der Waals surface area (Å²) < 4.78 is 2.28. The lowest BCUT2D eigenvalue weighted by atomic mass is 10.0. The first-order valence-electron chi connectivity index (χ1n) is 11.7. The molecule has 0 atom stereocenters. The number of imidazole rings is 1. The summed E-state index contributed by atoms with van der Waals surface area (Å²) in [6.45, 7) is 6.81. The first-order valence-corrected chi connectivity index (χ1v) is 11.7. The van der Waals surface area contributed by atoms with Gasteiger partial charge in [-0.2, -0.15) is 0 Å². The van der Waals surface area contributed by atoms with Crippen LogP contribution in [0.3, 0.4) is 0 Å². The molecule has 0 saturated carbocycles. The zero-order valence-electron chi connectivity index (χ0n) is 21.2. The molecule has 1 heterocycles. The summed E-state index contributed by atoms with van der Waals surface area (Å²) in [6, 6.07) is 21.2. The van der Waals surface area contributed by atoms with Crippen LogP contribution in [0.4, 0.5) is 11.4 Å². The van der Waals surface area contributed by atoms with E-state index in [4.69, 9.17) is 4.98 Å². The number of anilines is 2. The van der Waals surface area contributed by atoms with Crippen molar-refractivity contribution in [2.45, 2.75) is 27.3 Å². The zero-order valence-corrected chi connectivity index (χ0v) is 21.2. The van der Waals surface area contributed by atoms with Gasteiger partial charge >= 0.3 is 0 Å². The van der Waals surface area contributed by atoms with Crippen molar-refractivity contribution < 1.29 is 5.11 Å². The molecule has 0 unspecified atom stereocenters. The quantitative estimate of drug-likeness (QED) is 0.368. The third-order valence-corrected chi connectivity index (χ3v) is 6.35. The van der Waals surface area contributed by atoms with Gasteiger partial charge in [0.2, 0.25) is 0 Å². The van der Waals surface area contributed by atoms with Gasteiger partial charge in [-0.1, -0.05) is 24.3 Å². The van der Waals surface area contributed by atoms with Gasteiger partial charge in [0.05, 0.1) is 11.4 Å². The summed E-state index contributed by atoms with van der Waals surface area (Å²) in [6.07, 6.45) is 0. The van der Waals surface area contributed by atoms with Crippen molar-refractivity contribution in [3.8, 4) is 39.7 Å². The normalized spacial score (nSPS) is 11.0. The molecule has 3 aromatic carbocycles. The molecule has 1 N–H and O–H groups in total. The Bertz CT molecular complexity index is 1280. The second kappa shape index (κ2) is 9.26. The first kappa shape index (κ1) is 23.4. The van der Waals surface area contributed by atoms with Crippen molar-refractivity contribution >= 4 is 11.4 Å². The van der Waals surface area contributed by atoms with E-state index in [0.29, 0.717) is 5.75 Å². The Morgan fingerprint density at radius 1 is 0.735 bits per heavy atom. The van der Waals surface area contributed by atoms with Gasteiger partial charge in [0.25, 0.3) is 0 Å². The van der Waals surface area contributed by atoms with Crippen LogP contribution in [0.25, 0.3) is 33.9 Å². The average molecular weight is 455 g/mol. The third-order valence-electron chi connectivity index (χ3n) is 6.35. The number of hydrogen-bond acceptors (Lipinski definition) is 4. The highest BCUT2D eigenvalue weighted by Crippen LogP contribution is 2.38. The highest BCUT2D eigenvalue weighted by atomic mass is 16.3. The van der Waals surface area contributed by atoms with E-state index in [1.165, 1.54) is 0 Å². The minimum Gasteiger partial charge on any atom is -0.507 e. The van der Waals surface area contributed by atoms with E-state index in [9.17, 15) is 5.11 Å². The molecule has 0 spiro atoms. The van der Waals surface area contributed by atoms with Crippen LogP contribution in [0.5, 0.6) is 5.75 Å². The van der Waals surface area contributed by atoms with Gasteiger partial charge in [-0.05, 0) is 68.3 Å². The molecular formula is C29H34N4O. The van der Waals surface area contributed by atoms with Crippen LogP contribution >= 0.6 is 0 Å². The molecule has 0 radical (unpaired) electrons. The van der Waals surface area contributed by atoms with E-state index in [0.717, 1.165) is 62.9 Å². The predicted octanol–water partition coefficient (Wildman–Crippen LogP) is 6.36. The van der Waals surface area contributed by atoms with Crippen molar-refractivity contribution in [1.82, 2.24) is 9.55 Å². The lowest BCUT2D eigenvalue weighted by molar-refractivity contribution is 0.467. The van der Waals surface area contributed by atoms with E-state index >= 15 is 0 Å². The Morgan fingerprint density at radius 2 is 1.21 bits per heavy atom. The van der Waals surface area contributed by atoms with Crippen molar-refractivity contribution in [3.63, 3.8) is 0 Å². The molecule has 176 valence electrons. The molecule has 0 saturated heterocycles. The van der Waals surface area contributed by atoms with Crippen LogP contribution in [-0.4, -0.2) is 42.8 Å². The predicted molar refractivity (Wildman–Crippen MR) is 144 cm³/mol. The van der Waals surface area contributed by atoms with Crippen molar-refractivity contribution in [1.29, 1.82) is 0 Å². The number of nitrogens with zero attached hydrogens (tertiary/aromatic N) is 4. The van der Waals surface area contributed by atoms with E-state index in [1.807, 2.05) is 40.1 Å². The standard InChI is InChI=1S/C29H34N4O/c1-8-33-27(22-11-15-25(16-12-22)32(6)7)26(21-9-13-24(14-10-21)31(4)5)30-29(33)23-17-19(2)28(34)20(3)18-23/h9-18,34H,8H2,1-7H3. The minimum absolute atomic E-state index is 0.345. The highest BCUT2D eigenvalue weighted by molar-refractivity contribution is 5.83. The molecule has 1 aromatic heterocycles. The molecule has 34 heavy (non-hydrogen) atoms. The molecule has 0 aliphatic rings.